The smallest absolute Gasteiger partial charge is 0.241 e. The lowest BCUT2D eigenvalue weighted by Gasteiger charge is -2.09. The van der Waals surface area contributed by atoms with Gasteiger partial charge in [-0.15, -0.1) is 5.10 Å². The Morgan fingerprint density at radius 3 is 2.94 bits per heavy atom. The topological polar surface area (TPSA) is 103 Å². The van der Waals surface area contributed by atoms with Crippen LogP contribution in [-0.2, 0) is 22.1 Å². The van der Waals surface area contributed by atoms with E-state index in [4.69, 9.17) is 5.73 Å². The molecule has 8 heteroatoms. The fourth-order valence-corrected chi connectivity index (χ4v) is 1.28. The van der Waals surface area contributed by atoms with Crippen LogP contribution in [0.3, 0.4) is 0 Å². The minimum atomic E-state index is -0.939. The Morgan fingerprint density at radius 1 is 1.75 bits per heavy atom. The zero-order valence-corrected chi connectivity index (χ0v) is 10.0. The first-order valence-electron chi connectivity index (χ1n) is 4.73. The van der Waals surface area contributed by atoms with Crippen molar-refractivity contribution in [2.75, 3.05) is 18.5 Å². The SMILES string of the molecule is CC(CNC(=O)Cn1cnc(N)n1)S(C)=O. The highest BCUT2D eigenvalue weighted by atomic mass is 32.2. The molecule has 0 aliphatic rings. The van der Waals surface area contributed by atoms with Crippen LogP contribution in [-0.4, -0.2) is 42.9 Å². The van der Waals surface area contributed by atoms with Gasteiger partial charge in [0.25, 0.3) is 0 Å². The number of aromatic nitrogens is 3. The lowest BCUT2D eigenvalue weighted by atomic mass is 10.4. The maximum Gasteiger partial charge on any atom is 0.241 e. The molecule has 0 radical (unpaired) electrons. The van der Waals surface area contributed by atoms with Gasteiger partial charge < -0.3 is 11.1 Å². The Bertz CT molecular complexity index is 392. The molecular weight excluding hydrogens is 230 g/mol. The first kappa shape index (κ1) is 12.6. The number of carbonyl (C=O) groups excluding carboxylic acids is 1. The van der Waals surface area contributed by atoms with E-state index in [-0.39, 0.29) is 23.7 Å². The second kappa shape index (κ2) is 5.59. The van der Waals surface area contributed by atoms with Crippen LogP contribution in [0.4, 0.5) is 5.95 Å². The van der Waals surface area contributed by atoms with Gasteiger partial charge in [-0.05, 0) is 6.92 Å². The number of rotatable bonds is 5. The second-order valence-corrected chi connectivity index (χ2v) is 5.22. The molecule has 0 saturated heterocycles. The average molecular weight is 245 g/mol. The van der Waals surface area contributed by atoms with Crippen molar-refractivity contribution in [3.8, 4) is 0 Å². The molecule has 1 heterocycles. The normalized spacial score (nSPS) is 14.4. The van der Waals surface area contributed by atoms with Crippen LogP contribution >= 0.6 is 0 Å². The largest absolute Gasteiger partial charge is 0.367 e. The molecule has 90 valence electrons. The fraction of sp³-hybridized carbons (Fsp3) is 0.625. The van der Waals surface area contributed by atoms with Crippen LogP contribution in [0.2, 0.25) is 0 Å². The van der Waals surface area contributed by atoms with E-state index in [1.54, 1.807) is 6.26 Å². The Morgan fingerprint density at radius 2 is 2.44 bits per heavy atom. The maximum absolute atomic E-state index is 11.4. The Kier molecular flexibility index (Phi) is 4.41. The second-order valence-electron chi connectivity index (χ2n) is 3.41. The number of carbonyl (C=O) groups is 1. The van der Waals surface area contributed by atoms with Gasteiger partial charge in [0.05, 0.1) is 0 Å². The molecule has 1 amide bonds. The van der Waals surface area contributed by atoms with Crippen molar-refractivity contribution in [3.05, 3.63) is 6.33 Å². The van der Waals surface area contributed by atoms with Crippen LogP contribution in [0.1, 0.15) is 6.92 Å². The van der Waals surface area contributed by atoms with Gasteiger partial charge in [-0.2, -0.15) is 0 Å². The summed E-state index contributed by atoms with van der Waals surface area (Å²) in [5.74, 6) is -0.0713. The van der Waals surface area contributed by atoms with Crippen LogP contribution in [0.5, 0.6) is 0 Å². The van der Waals surface area contributed by atoms with Crippen LogP contribution < -0.4 is 11.1 Å². The number of hydrogen-bond acceptors (Lipinski definition) is 5. The van der Waals surface area contributed by atoms with E-state index in [9.17, 15) is 9.00 Å². The predicted octanol–water partition coefficient (Wildman–Crippen LogP) is -1.26. The number of nitrogens with zero attached hydrogens (tertiary/aromatic N) is 3. The maximum atomic E-state index is 11.4. The lowest BCUT2D eigenvalue weighted by Crippen LogP contribution is -2.34. The molecule has 0 aromatic carbocycles. The molecule has 3 N–H and O–H groups in total. The van der Waals surface area contributed by atoms with Gasteiger partial charge in [-0.1, -0.05) is 0 Å². The molecule has 0 spiro atoms. The first-order valence-corrected chi connectivity index (χ1v) is 6.35. The molecule has 16 heavy (non-hydrogen) atoms. The predicted molar refractivity (Wildman–Crippen MR) is 61.0 cm³/mol. The molecule has 1 aromatic heterocycles. The molecule has 0 aliphatic heterocycles. The molecule has 7 nitrogen and oxygen atoms in total. The summed E-state index contributed by atoms with van der Waals surface area (Å²) in [6.07, 6.45) is 2.99. The minimum absolute atomic E-state index is 0.0628. The van der Waals surface area contributed by atoms with E-state index < -0.39 is 10.8 Å². The van der Waals surface area contributed by atoms with Crippen molar-refractivity contribution in [1.29, 1.82) is 0 Å². The summed E-state index contributed by atoms with van der Waals surface area (Å²) < 4.78 is 12.4. The standard InChI is InChI=1S/C8H15N5O2S/c1-6(16(2)15)3-10-7(14)4-13-5-11-8(9)12-13/h5-6H,3-4H2,1-2H3,(H2,9,12)(H,10,14). The summed E-state index contributed by atoms with van der Waals surface area (Å²) in [6.45, 7) is 2.25. The van der Waals surface area contributed by atoms with Crippen molar-refractivity contribution < 1.29 is 9.00 Å². The van der Waals surface area contributed by atoms with Crippen LogP contribution in [0.15, 0.2) is 6.33 Å². The van der Waals surface area contributed by atoms with Crippen molar-refractivity contribution in [1.82, 2.24) is 20.1 Å². The number of amides is 1. The zero-order chi connectivity index (χ0) is 12.1. The van der Waals surface area contributed by atoms with Gasteiger partial charge in [0.15, 0.2) is 0 Å². The number of nitrogens with two attached hydrogens (primary N) is 1. The quantitative estimate of drug-likeness (QED) is 0.674. The van der Waals surface area contributed by atoms with Gasteiger partial charge in [0.1, 0.15) is 12.9 Å². The first-order chi connectivity index (χ1) is 7.49. The third kappa shape index (κ3) is 3.97. The molecule has 1 aromatic rings. The summed E-state index contributed by atoms with van der Waals surface area (Å²) >= 11 is 0. The summed E-state index contributed by atoms with van der Waals surface area (Å²) in [5, 5.41) is 6.37. The van der Waals surface area contributed by atoms with Crippen molar-refractivity contribution in [2.45, 2.75) is 18.7 Å². The molecule has 1 rings (SSSR count). The summed E-state index contributed by atoms with van der Waals surface area (Å²) in [5.41, 5.74) is 5.30. The molecule has 0 fully saturated rings. The third-order valence-corrected chi connectivity index (χ3v) is 3.31. The van der Waals surface area contributed by atoms with Crippen LogP contribution in [0.25, 0.3) is 0 Å². The highest BCUT2D eigenvalue weighted by molar-refractivity contribution is 7.84. The minimum Gasteiger partial charge on any atom is -0.367 e. The van der Waals surface area contributed by atoms with E-state index in [0.717, 1.165) is 0 Å². The number of anilines is 1. The van der Waals surface area contributed by atoms with Crippen molar-refractivity contribution >= 4 is 22.7 Å². The van der Waals surface area contributed by atoms with Crippen molar-refractivity contribution in [2.24, 2.45) is 0 Å². The molecule has 0 saturated carbocycles. The molecule has 2 unspecified atom stereocenters. The highest BCUT2D eigenvalue weighted by Gasteiger charge is 2.09. The zero-order valence-electron chi connectivity index (χ0n) is 9.21. The van der Waals surface area contributed by atoms with Gasteiger partial charge >= 0.3 is 0 Å². The Balaban J connectivity index is 2.34. The third-order valence-electron chi connectivity index (χ3n) is 2.01. The molecule has 0 bridgehead atoms. The number of nitrogens with one attached hydrogen (secondary N) is 1. The van der Waals surface area contributed by atoms with Crippen molar-refractivity contribution in [3.63, 3.8) is 0 Å². The molecule has 0 aliphatic carbocycles. The monoisotopic (exact) mass is 245 g/mol. The summed E-state index contributed by atoms with van der Waals surface area (Å²) in [4.78, 5) is 15.1. The average Bonchev–Trinajstić information content (AvgIpc) is 2.60. The van der Waals surface area contributed by atoms with E-state index in [1.165, 1.54) is 11.0 Å². The Labute approximate surface area is 95.9 Å². The van der Waals surface area contributed by atoms with E-state index in [0.29, 0.717) is 6.54 Å². The van der Waals surface area contributed by atoms with Gasteiger partial charge in [0, 0.05) is 28.9 Å². The van der Waals surface area contributed by atoms with E-state index >= 15 is 0 Å². The van der Waals surface area contributed by atoms with E-state index in [2.05, 4.69) is 15.4 Å². The van der Waals surface area contributed by atoms with Gasteiger partial charge in [-0.25, -0.2) is 9.67 Å². The summed E-state index contributed by atoms with van der Waals surface area (Å²) in [6, 6.07) is 0. The van der Waals surface area contributed by atoms with E-state index in [1.807, 2.05) is 6.92 Å². The van der Waals surface area contributed by atoms with Gasteiger partial charge in [-0.3, -0.25) is 9.00 Å². The Hall–Kier alpha value is -1.44. The number of hydrogen-bond donors (Lipinski definition) is 2. The highest BCUT2D eigenvalue weighted by Crippen LogP contribution is 1.91. The number of nitrogen functional groups attached to an aromatic ring is 1. The lowest BCUT2D eigenvalue weighted by molar-refractivity contribution is -0.121. The summed E-state index contributed by atoms with van der Waals surface area (Å²) in [7, 11) is -0.939. The van der Waals surface area contributed by atoms with Gasteiger partial charge in [0.2, 0.25) is 11.9 Å². The van der Waals surface area contributed by atoms with Crippen LogP contribution in [0, 0.1) is 0 Å². The molecule has 2 atom stereocenters. The fourth-order valence-electron chi connectivity index (χ4n) is 0.963. The molecular formula is C8H15N5O2S.